The van der Waals surface area contributed by atoms with Crippen molar-refractivity contribution in [3.63, 3.8) is 0 Å². The molecule has 1 amide bonds. The fourth-order valence-electron chi connectivity index (χ4n) is 1.96. The standard InChI is InChI=1S/C15H17N3O4S/c1-10-2-8-13(9-3-10)23(21,22)18-14(15(20)17-16)11-4-6-12(19)7-5-11/h2-9,14,18-19H,16H2,1H3,(H,17,20)/t14-/m0/s1. The van der Waals surface area contributed by atoms with Crippen LogP contribution in [0.5, 0.6) is 5.75 Å². The third kappa shape index (κ3) is 4.07. The summed E-state index contributed by atoms with van der Waals surface area (Å²) >= 11 is 0. The normalized spacial score (nSPS) is 12.6. The number of sulfonamides is 1. The fraction of sp³-hybridized carbons (Fsp3) is 0.133. The summed E-state index contributed by atoms with van der Waals surface area (Å²) in [6.45, 7) is 1.84. The van der Waals surface area contributed by atoms with Crippen molar-refractivity contribution in [2.45, 2.75) is 17.9 Å². The van der Waals surface area contributed by atoms with Crippen LogP contribution in [0.15, 0.2) is 53.4 Å². The number of hydrazine groups is 1. The molecule has 2 rings (SSSR count). The van der Waals surface area contributed by atoms with Crippen molar-refractivity contribution >= 4 is 15.9 Å². The van der Waals surface area contributed by atoms with Crippen LogP contribution in [0.2, 0.25) is 0 Å². The number of aromatic hydroxyl groups is 1. The van der Waals surface area contributed by atoms with Gasteiger partial charge in [0.15, 0.2) is 0 Å². The number of amides is 1. The number of rotatable bonds is 5. The number of nitrogens with two attached hydrogens (primary N) is 1. The van der Waals surface area contributed by atoms with Crippen LogP contribution in [-0.2, 0) is 14.8 Å². The van der Waals surface area contributed by atoms with E-state index >= 15 is 0 Å². The zero-order chi connectivity index (χ0) is 17.0. The van der Waals surface area contributed by atoms with Crippen LogP contribution < -0.4 is 16.0 Å². The zero-order valence-electron chi connectivity index (χ0n) is 12.4. The third-order valence-electron chi connectivity index (χ3n) is 3.24. The van der Waals surface area contributed by atoms with Gasteiger partial charge >= 0.3 is 0 Å². The van der Waals surface area contributed by atoms with E-state index in [1.807, 2.05) is 12.3 Å². The number of phenols is 1. The van der Waals surface area contributed by atoms with E-state index < -0.39 is 22.0 Å². The molecule has 0 saturated heterocycles. The molecule has 0 unspecified atom stereocenters. The lowest BCUT2D eigenvalue weighted by Gasteiger charge is -2.18. The second-order valence-electron chi connectivity index (χ2n) is 4.97. The Morgan fingerprint density at radius 2 is 1.65 bits per heavy atom. The van der Waals surface area contributed by atoms with Gasteiger partial charge in [-0.05, 0) is 36.8 Å². The molecule has 0 aliphatic heterocycles. The van der Waals surface area contributed by atoms with E-state index in [9.17, 15) is 18.3 Å². The molecule has 8 heteroatoms. The number of hydrogen-bond acceptors (Lipinski definition) is 5. The molecule has 2 aromatic carbocycles. The number of benzene rings is 2. The highest BCUT2D eigenvalue weighted by Gasteiger charge is 2.26. The first-order valence-electron chi connectivity index (χ1n) is 6.72. The molecule has 0 aromatic heterocycles. The van der Waals surface area contributed by atoms with E-state index in [4.69, 9.17) is 5.84 Å². The van der Waals surface area contributed by atoms with Crippen molar-refractivity contribution in [1.29, 1.82) is 0 Å². The number of nitrogens with one attached hydrogen (secondary N) is 2. The molecule has 0 aliphatic carbocycles. The van der Waals surface area contributed by atoms with Gasteiger partial charge in [-0.1, -0.05) is 29.8 Å². The smallest absolute Gasteiger partial charge is 0.256 e. The highest BCUT2D eigenvalue weighted by Crippen LogP contribution is 2.20. The summed E-state index contributed by atoms with van der Waals surface area (Å²) in [5.74, 6) is 4.42. The second kappa shape index (κ2) is 6.78. The van der Waals surface area contributed by atoms with Crippen molar-refractivity contribution in [1.82, 2.24) is 10.1 Å². The molecule has 7 nitrogen and oxygen atoms in total. The molecule has 0 fully saturated rings. The van der Waals surface area contributed by atoms with Crippen molar-refractivity contribution in [2.24, 2.45) is 5.84 Å². The van der Waals surface area contributed by atoms with E-state index in [0.717, 1.165) is 5.56 Å². The highest BCUT2D eigenvalue weighted by molar-refractivity contribution is 7.89. The van der Waals surface area contributed by atoms with Gasteiger partial charge < -0.3 is 5.11 Å². The van der Waals surface area contributed by atoms with Gasteiger partial charge in [-0.15, -0.1) is 0 Å². The molecule has 0 saturated carbocycles. The maximum absolute atomic E-state index is 12.4. The Labute approximate surface area is 134 Å². The molecule has 0 spiro atoms. The Hall–Kier alpha value is -2.42. The molecule has 0 heterocycles. The van der Waals surface area contributed by atoms with Crippen molar-refractivity contribution in [2.75, 3.05) is 0 Å². The Balaban J connectivity index is 2.35. The maximum atomic E-state index is 12.4. The Morgan fingerprint density at radius 3 is 2.17 bits per heavy atom. The van der Waals surface area contributed by atoms with Crippen molar-refractivity contribution in [3.8, 4) is 5.75 Å². The number of aryl methyl sites for hydroxylation is 1. The monoisotopic (exact) mass is 335 g/mol. The average Bonchev–Trinajstić information content (AvgIpc) is 2.53. The number of hydrogen-bond donors (Lipinski definition) is 4. The second-order valence-corrected chi connectivity index (χ2v) is 6.68. The van der Waals surface area contributed by atoms with Crippen LogP contribution >= 0.6 is 0 Å². The summed E-state index contributed by atoms with van der Waals surface area (Å²) in [5.41, 5.74) is 3.20. The Morgan fingerprint density at radius 1 is 1.09 bits per heavy atom. The zero-order valence-corrected chi connectivity index (χ0v) is 13.2. The molecule has 0 bridgehead atoms. The van der Waals surface area contributed by atoms with Gasteiger partial charge in [0.1, 0.15) is 11.8 Å². The predicted molar refractivity (Wildman–Crippen MR) is 84.7 cm³/mol. The average molecular weight is 335 g/mol. The van der Waals surface area contributed by atoms with E-state index in [2.05, 4.69) is 4.72 Å². The van der Waals surface area contributed by atoms with Crippen LogP contribution in [0.3, 0.4) is 0 Å². The summed E-state index contributed by atoms with van der Waals surface area (Å²) in [4.78, 5) is 12.0. The van der Waals surface area contributed by atoms with Gasteiger partial charge in [0.05, 0.1) is 4.90 Å². The van der Waals surface area contributed by atoms with Crippen molar-refractivity contribution < 1.29 is 18.3 Å². The maximum Gasteiger partial charge on any atom is 0.256 e. The molecule has 1 atom stereocenters. The summed E-state index contributed by atoms with van der Waals surface area (Å²) in [7, 11) is -3.92. The first-order valence-corrected chi connectivity index (χ1v) is 8.20. The van der Waals surface area contributed by atoms with Gasteiger partial charge in [0, 0.05) is 0 Å². The van der Waals surface area contributed by atoms with Gasteiger partial charge in [0.2, 0.25) is 10.0 Å². The minimum Gasteiger partial charge on any atom is -0.508 e. The van der Waals surface area contributed by atoms with Gasteiger partial charge in [-0.25, -0.2) is 14.3 Å². The summed E-state index contributed by atoms with van der Waals surface area (Å²) in [6.07, 6.45) is 0. The number of carbonyl (C=O) groups excluding carboxylic acids is 1. The molecule has 5 N–H and O–H groups in total. The van der Waals surface area contributed by atoms with E-state index in [-0.39, 0.29) is 10.6 Å². The summed E-state index contributed by atoms with van der Waals surface area (Å²) < 4.78 is 27.2. The first kappa shape index (κ1) is 16.9. The third-order valence-corrected chi connectivity index (χ3v) is 4.67. The molecule has 122 valence electrons. The number of phenolic OH excluding ortho intramolecular Hbond substituents is 1. The van der Waals surface area contributed by atoms with Gasteiger partial charge in [-0.3, -0.25) is 10.2 Å². The largest absolute Gasteiger partial charge is 0.508 e. The number of carbonyl (C=O) groups is 1. The highest BCUT2D eigenvalue weighted by atomic mass is 32.2. The predicted octanol–water partition coefficient (Wildman–Crippen LogP) is 0.710. The van der Waals surface area contributed by atoms with Crippen LogP contribution in [0.1, 0.15) is 17.2 Å². The Bertz CT molecular complexity index is 786. The van der Waals surface area contributed by atoms with Crippen LogP contribution in [0.25, 0.3) is 0 Å². The van der Waals surface area contributed by atoms with E-state index in [0.29, 0.717) is 5.56 Å². The van der Waals surface area contributed by atoms with Crippen LogP contribution in [0.4, 0.5) is 0 Å². The lowest BCUT2D eigenvalue weighted by Crippen LogP contribution is -2.43. The van der Waals surface area contributed by atoms with Crippen molar-refractivity contribution in [3.05, 3.63) is 59.7 Å². The lowest BCUT2D eigenvalue weighted by atomic mass is 10.1. The van der Waals surface area contributed by atoms with E-state index in [1.165, 1.54) is 36.4 Å². The quantitative estimate of drug-likeness (QED) is 0.364. The van der Waals surface area contributed by atoms with E-state index in [1.54, 1.807) is 12.1 Å². The van der Waals surface area contributed by atoms with Crippen LogP contribution in [0, 0.1) is 6.92 Å². The molecule has 0 aliphatic rings. The lowest BCUT2D eigenvalue weighted by molar-refractivity contribution is -0.122. The topological polar surface area (TPSA) is 122 Å². The molecule has 23 heavy (non-hydrogen) atoms. The SMILES string of the molecule is Cc1ccc(S(=O)(=O)N[C@H](C(=O)NN)c2ccc(O)cc2)cc1. The summed E-state index contributed by atoms with van der Waals surface area (Å²) in [5, 5.41) is 9.31. The summed E-state index contributed by atoms with van der Waals surface area (Å²) in [6, 6.07) is 10.6. The van der Waals surface area contributed by atoms with Crippen LogP contribution in [-0.4, -0.2) is 19.4 Å². The minimum absolute atomic E-state index is 0.00190. The molecular formula is C15H17N3O4S. The molecule has 2 aromatic rings. The fourth-order valence-corrected chi connectivity index (χ4v) is 3.15. The van der Waals surface area contributed by atoms with Gasteiger partial charge in [-0.2, -0.15) is 4.72 Å². The molecular weight excluding hydrogens is 318 g/mol. The molecule has 0 radical (unpaired) electrons. The Kier molecular flexibility index (Phi) is 4.99. The van der Waals surface area contributed by atoms with Gasteiger partial charge in [0.25, 0.3) is 5.91 Å². The minimum atomic E-state index is -3.92. The first-order chi connectivity index (χ1) is 10.8.